The summed E-state index contributed by atoms with van der Waals surface area (Å²) >= 11 is 5.99. The van der Waals surface area contributed by atoms with Gasteiger partial charge in [0.2, 0.25) is 15.9 Å². The maximum atomic E-state index is 12.3. The first kappa shape index (κ1) is 16.2. The molecule has 1 aromatic rings. The van der Waals surface area contributed by atoms with Crippen LogP contribution in [0.25, 0.3) is 0 Å². The van der Waals surface area contributed by atoms with Crippen molar-refractivity contribution >= 4 is 33.2 Å². The maximum absolute atomic E-state index is 12.3. The summed E-state index contributed by atoms with van der Waals surface area (Å²) in [5.41, 5.74) is 0.231. The Kier molecular flexibility index (Phi) is 4.88. The van der Waals surface area contributed by atoms with Crippen LogP contribution in [0.15, 0.2) is 23.1 Å². The first-order valence-corrected chi connectivity index (χ1v) is 8.50. The number of hydrogen-bond donors (Lipinski definition) is 2. The molecule has 1 fully saturated rings. The fourth-order valence-electron chi connectivity index (χ4n) is 2.35. The van der Waals surface area contributed by atoms with E-state index in [4.69, 9.17) is 21.5 Å². The van der Waals surface area contributed by atoms with Crippen LogP contribution in [-0.4, -0.2) is 27.0 Å². The maximum Gasteiger partial charge on any atom is 0.238 e. The molecule has 1 amide bonds. The molecule has 0 aliphatic carbocycles. The Balaban J connectivity index is 2.21. The Morgan fingerprint density at radius 2 is 2.24 bits per heavy atom. The number of sulfonamides is 1. The Morgan fingerprint density at radius 3 is 2.86 bits per heavy atom. The van der Waals surface area contributed by atoms with E-state index in [2.05, 4.69) is 5.32 Å². The summed E-state index contributed by atoms with van der Waals surface area (Å²) in [4.78, 5) is 12.2. The average molecular weight is 333 g/mol. The second kappa shape index (κ2) is 6.31. The minimum atomic E-state index is -3.85. The van der Waals surface area contributed by atoms with Crippen LogP contribution in [0, 0.1) is 5.92 Å². The quantitative estimate of drug-likeness (QED) is 0.877. The van der Waals surface area contributed by atoms with Crippen molar-refractivity contribution in [1.82, 2.24) is 0 Å². The topological polar surface area (TPSA) is 98.5 Å². The monoisotopic (exact) mass is 332 g/mol. The van der Waals surface area contributed by atoms with E-state index in [0.717, 1.165) is 6.42 Å². The van der Waals surface area contributed by atoms with Gasteiger partial charge in [-0.1, -0.05) is 18.5 Å². The van der Waals surface area contributed by atoms with E-state index in [0.29, 0.717) is 13.0 Å². The van der Waals surface area contributed by atoms with Gasteiger partial charge in [0.15, 0.2) is 0 Å². The zero-order chi connectivity index (χ0) is 15.6. The number of primary sulfonamides is 1. The molecule has 2 atom stereocenters. The predicted octanol–water partition coefficient (Wildman–Crippen LogP) is 1.74. The van der Waals surface area contributed by atoms with Gasteiger partial charge in [-0.2, -0.15) is 0 Å². The number of carbonyl (C=O) groups excluding carboxylic acids is 1. The summed E-state index contributed by atoms with van der Waals surface area (Å²) in [6.45, 7) is 2.49. The van der Waals surface area contributed by atoms with E-state index < -0.39 is 10.0 Å². The molecule has 0 radical (unpaired) electrons. The lowest BCUT2D eigenvalue weighted by molar-refractivity contribution is -0.121. The number of benzene rings is 1. The van der Waals surface area contributed by atoms with Crippen molar-refractivity contribution in [1.29, 1.82) is 0 Å². The number of anilines is 1. The van der Waals surface area contributed by atoms with E-state index in [1.165, 1.54) is 18.2 Å². The van der Waals surface area contributed by atoms with Gasteiger partial charge in [0.1, 0.15) is 0 Å². The molecule has 2 rings (SSSR count). The number of nitrogens with one attached hydrogen (secondary N) is 1. The molecule has 6 nitrogen and oxygen atoms in total. The first-order chi connectivity index (χ1) is 9.82. The lowest BCUT2D eigenvalue weighted by atomic mass is 9.98. The number of carbonyl (C=O) groups is 1. The molecule has 21 heavy (non-hydrogen) atoms. The lowest BCUT2D eigenvalue weighted by Crippen LogP contribution is -2.29. The Hall–Kier alpha value is -1.15. The molecule has 1 heterocycles. The summed E-state index contributed by atoms with van der Waals surface area (Å²) in [6, 6.07) is 3.94. The molecule has 8 heteroatoms. The zero-order valence-corrected chi connectivity index (χ0v) is 13.1. The van der Waals surface area contributed by atoms with Crippen LogP contribution in [0.1, 0.15) is 19.8 Å². The van der Waals surface area contributed by atoms with Crippen LogP contribution in [0.4, 0.5) is 5.69 Å². The van der Waals surface area contributed by atoms with Crippen molar-refractivity contribution in [3.05, 3.63) is 23.2 Å². The van der Waals surface area contributed by atoms with Crippen LogP contribution in [-0.2, 0) is 19.6 Å². The standard InChI is InChI=1S/C13H17ClN2O4S/c1-2-12-9(5-6-20-12)13(17)16-11-7-8(21(15,18)19)3-4-10(11)14/h3-4,7,9,12H,2,5-6H2,1H3,(H,16,17)(H2,15,18,19). The van der Waals surface area contributed by atoms with Gasteiger partial charge < -0.3 is 10.1 Å². The highest BCUT2D eigenvalue weighted by molar-refractivity contribution is 7.89. The van der Waals surface area contributed by atoms with Gasteiger partial charge in [0.05, 0.1) is 27.6 Å². The van der Waals surface area contributed by atoms with Crippen molar-refractivity contribution in [2.75, 3.05) is 11.9 Å². The van der Waals surface area contributed by atoms with Crippen molar-refractivity contribution in [3.8, 4) is 0 Å². The third-order valence-electron chi connectivity index (χ3n) is 3.47. The molecule has 0 bridgehead atoms. The molecule has 1 saturated heterocycles. The average Bonchev–Trinajstić information content (AvgIpc) is 2.88. The normalized spacial score (nSPS) is 22.2. The molecule has 3 N–H and O–H groups in total. The summed E-state index contributed by atoms with van der Waals surface area (Å²) in [5.74, 6) is -0.489. The van der Waals surface area contributed by atoms with Crippen LogP contribution in [0.5, 0.6) is 0 Å². The first-order valence-electron chi connectivity index (χ1n) is 6.57. The van der Waals surface area contributed by atoms with Gasteiger partial charge in [0, 0.05) is 6.61 Å². The van der Waals surface area contributed by atoms with Gasteiger partial charge in [0.25, 0.3) is 0 Å². The fourth-order valence-corrected chi connectivity index (χ4v) is 3.06. The third-order valence-corrected chi connectivity index (χ3v) is 4.71. The van der Waals surface area contributed by atoms with Crippen LogP contribution < -0.4 is 10.5 Å². The minimum Gasteiger partial charge on any atom is -0.377 e. The highest BCUT2D eigenvalue weighted by atomic mass is 35.5. The fraction of sp³-hybridized carbons (Fsp3) is 0.462. The predicted molar refractivity (Wildman–Crippen MR) is 79.6 cm³/mol. The Bertz CT molecular complexity index is 648. The summed E-state index contributed by atoms with van der Waals surface area (Å²) in [7, 11) is -3.85. The summed E-state index contributed by atoms with van der Waals surface area (Å²) < 4.78 is 28.1. The Labute approximate surface area is 128 Å². The van der Waals surface area contributed by atoms with Crippen LogP contribution in [0.3, 0.4) is 0 Å². The van der Waals surface area contributed by atoms with Crippen molar-refractivity contribution in [2.45, 2.75) is 30.8 Å². The number of rotatable bonds is 4. The van der Waals surface area contributed by atoms with Gasteiger partial charge in [-0.05, 0) is 31.0 Å². The molecule has 0 aromatic heterocycles. The largest absolute Gasteiger partial charge is 0.377 e. The molecular weight excluding hydrogens is 316 g/mol. The van der Waals surface area contributed by atoms with E-state index in [1.54, 1.807) is 0 Å². The summed E-state index contributed by atoms with van der Waals surface area (Å²) in [6.07, 6.45) is 1.25. The highest BCUT2D eigenvalue weighted by Gasteiger charge is 2.33. The van der Waals surface area contributed by atoms with E-state index >= 15 is 0 Å². The molecule has 2 unspecified atom stereocenters. The van der Waals surface area contributed by atoms with Gasteiger partial charge in [-0.3, -0.25) is 4.79 Å². The SMILES string of the molecule is CCC1OCCC1C(=O)Nc1cc(S(N)(=O)=O)ccc1Cl. The molecule has 1 aliphatic heterocycles. The number of halogens is 1. The van der Waals surface area contributed by atoms with Gasteiger partial charge >= 0.3 is 0 Å². The second-order valence-corrected chi connectivity index (χ2v) is 6.86. The van der Waals surface area contributed by atoms with Crippen molar-refractivity contribution in [2.24, 2.45) is 11.1 Å². The van der Waals surface area contributed by atoms with E-state index in [-0.39, 0.29) is 33.5 Å². The molecule has 1 aromatic carbocycles. The number of nitrogens with two attached hydrogens (primary N) is 1. The van der Waals surface area contributed by atoms with Gasteiger partial charge in [-0.15, -0.1) is 0 Å². The minimum absolute atomic E-state index is 0.100. The Morgan fingerprint density at radius 1 is 1.52 bits per heavy atom. The zero-order valence-electron chi connectivity index (χ0n) is 11.5. The molecule has 1 aliphatic rings. The van der Waals surface area contributed by atoms with Gasteiger partial charge in [-0.25, -0.2) is 13.6 Å². The molecular formula is C13H17ClN2O4S. The molecule has 116 valence electrons. The number of ether oxygens (including phenoxy) is 1. The highest BCUT2D eigenvalue weighted by Crippen LogP contribution is 2.28. The van der Waals surface area contributed by atoms with Crippen LogP contribution in [0.2, 0.25) is 5.02 Å². The smallest absolute Gasteiger partial charge is 0.238 e. The third kappa shape index (κ3) is 3.74. The number of amides is 1. The van der Waals surface area contributed by atoms with Crippen molar-refractivity contribution < 1.29 is 17.9 Å². The molecule has 0 saturated carbocycles. The lowest BCUT2D eigenvalue weighted by Gasteiger charge is -2.17. The van der Waals surface area contributed by atoms with Crippen LogP contribution >= 0.6 is 11.6 Å². The summed E-state index contributed by atoms with van der Waals surface area (Å²) in [5, 5.41) is 7.98. The van der Waals surface area contributed by atoms with Crippen molar-refractivity contribution in [3.63, 3.8) is 0 Å². The van der Waals surface area contributed by atoms with E-state index in [9.17, 15) is 13.2 Å². The molecule has 0 spiro atoms. The number of hydrogen-bond acceptors (Lipinski definition) is 4. The second-order valence-electron chi connectivity index (χ2n) is 4.89. The van der Waals surface area contributed by atoms with E-state index in [1.807, 2.05) is 6.92 Å².